The van der Waals surface area contributed by atoms with Crippen LogP contribution in [0.25, 0.3) is 10.6 Å². The number of carboxylic acids is 1. The summed E-state index contributed by atoms with van der Waals surface area (Å²) in [4.78, 5) is 15.0. The molecule has 0 bridgehead atoms. The number of benzene rings is 1. The Morgan fingerprint density at radius 2 is 2.22 bits per heavy atom. The molecule has 0 radical (unpaired) electrons. The van der Waals surface area contributed by atoms with Gasteiger partial charge in [0.25, 0.3) is 0 Å². The fourth-order valence-electron chi connectivity index (χ4n) is 1.48. The number of hydrogen-bond donors (Lipinski definition) is 1. The fourth-order valence-corrected chi connectivity index (χ4v) is 2.36. The molecule has 2 rings (SSSR count). The van der Waals surface area contributed by atoms with Crippen LogP contribution < -0.4 is 4.74 Å². The normalized spacial score (nSPS) is 9.78. The number of aromatic nitrogens is 1. The Labute approximate surface area is 107 Å². The largest absolute Gasteiger partial charge is 0.496 e. The second-order valence-electron chi connectivity index (χ2n) is 3.31. The molecule has 1 aromatic heterocycles. The third kappa shape index (κ3) is 2.04. The summed E-state index contributed by atoms with van der Waals surface area (Å²) in [5, 5.41) is 18.3. The summed E-state index contributed by atoms with van der Waals surface area (Å²) >= 11 is 1.04. The zero-order valence-electron chi connectivity index (χ0n) is 9.38. The molecule has 6 heteroatoms. The number of hydrogen-bond acceptors (Lipinski definition) is 5. The zero-order valence-corrected chi connectivity index (χ0v) is 10.2. The molecule has 5 nitrogen and oxygen atoms in total. The van der Waals surface area contributed by atoms with Crippen molar-refractivity contribution >= 4 is 17.3 Å². The number of methoxy groups -OCH3 is 1. The number of ether oxygens (including phenoxy) is 1. The van der Waals surface area contributed by atoms with E-state index in [2.05, 4.69) is 4.98 Å². The van der Waals surface area contributed by atoms with Gasteiger partial charge in [0.1, 0.15) is 21.7 Å². The molecule has 2 aromatic rings. The van der Waals surface area contributed by atoms with Crippen molar-refractivity contribution in [2.45, 2.75) is 0 Å². The van der Waals surface area contributed by atoms with Gasteiger partial charge < -0.3 is 9.84 Å². The molecule has 90 valence electrons. The molecule has 1 N–H and O–H groups in total. The second kappa shape index (κ2) is 4.85. The summed E-state index contributed by atoms with van der Waals surface area (Å²) in [6.45, 7) is 0. The predicted octanol–water partition coefficient (Wildman–Crippen LogP) is 2.39. The molecule has 0 amide bonds. The van der Waals surface area contributed by atoms with E-state index in [1.807, 2.05) is 6.07 Å². The molecule has 0 unspecified atom stereocenters. The van der Waals surface area contributed by atoms with Crippen LogP contribution in [0.2, 0.25) is 0 Å². The van der Waals surface area contributed by atoms with Crippen LogP contribution in [0.3, 0.4) is 0 Å². The first-order chi connectivity index (χ1) is 8.67. The lowest BCUT2D eigenvalue weighted by molar-refractivity contribution is 0.0691. The van der Waals surface area contributed by atoms with E-state index in [9.17, 15) is 4.79 Å². The Morgan fingerprint density at radius 3 is 2.78 bits per heavy atom. The summed E-state index contributed by atoms with van der Waals surface area (Å²) in [5.41, 5.74) is 0.456. The van der Waals surface area contributed by atoms with E-state index in [4.69, 9.17) is 15.1 Å². The molecular formula is C12H8N2O3S. The van der Waals surface area contributed by atoms with E-state index >= 15 is 0 Å². The number of nitriles is 1. The Hall–Kier alpha value is -2.39. The van der Waals surface area contributed by atoms with Crippen molar-refractivity contribution in [1.29, 1.82) is 5.26 Å². The Bertz CT molecular complexity index is 643. The van der Waals surface area contributed by atoms with Gasteiger partial charge in [0.05, 0.1) is 12.7 Å². The van der Waals surface area contributed by atoms with E-state index < -0.39 is 5.97 Å². The van der Waals surface area contributed by atoms with Gasteiger partial charge in [-0.3, -0.25) is 0 Å². The smallest absolute Gasteiger partial charge is 0.356 e. The van der Waals surface area contributed by atoms with Crippen LogP contribution >= 0.6 is 11.3 Å². The third-order valence-corrected chi connectivity index (χ3v) is 3.26. The van der Waals surface area contributed by atoms with E-state index in [0.717, 1.165) is 11.3 Å². The van der Waals surface area contributed by atoms with Crippen molar-refractivity contribution in [2.75, 3.05) is 7.11 Å². The summed E-state index contributed by atoms with van der Waals surface area (Å²) in [6.07, 6.45) is 0. The van der Waals surface area contributed by atoms with Crippen LogP contribution in [0.15, 0.2) is 24.3 Å². The minimum absolute atomic E-state index is 0.0865. The van der Waals surface area contributed by atoms with Gasteiger partial charge in [0.15, 0.2) is 5.69 Å². The van der Waals surface area contributed by atoms with Gasteiger partial charge in [0, 0.05) is 0 Å². The molecule has 0 atom stereocenters. The maximum Gasteiger partial charge on any atom is 0.356 e. The van der Waals surface area contributed by atoms with Crippen LogP contribution in [0, 0.1) is 11.3 Å². The highest BCUT2D eigenvalue weighted by Crippen LogP contribution is 2.33. The van der Waals surface area contributed by atoms with Crippen molar-refractivity contribution < 1.29 is 14.6 Å². The summed E-state index contributed by atoms with van der Waals surface area (Å²) in [7, 11) is 1.52. The molecule has 1 heterocycles. The lowest BCUT2D eigenvalue weighted by Crippen LogP contribution is -1.98. The first-order valence-electron chi connectivity index (χ1n) is 4.95. The van der Waals surface area contributed by atoms with Crippen LogP contribution in [0.4, 0.5) is 0 Å². The highest BCUT2D eigenvalue weighted by molar-refractivity contribution is 7.15. The standard InChI is InChI=1S/C12H8N2O3S/c1-17-8-5-3-2-4-7(8)11-14-10(12(15)16)9(6-13)18-11/h2-5H,1H3,(H,15,16). The molecule has 0 aliphatic heterocycles. The highest BCUT2D eigenvalue weighted by Gasteiger charge is 2.19. The van der Waals surface area contributed by atoms with Crippen LogP contribution in [0.5, 0.6) is 5.75 Å². The number of carboxylic acid groups (broad SMARTS) is 1. The maximum atomic E-state index is 10.9. The number of aromatic carboxylic acids is 1. The number of nitrogens with zero attached hydrogens (tertiary/aromatic N) is 2. The van der Waals surface area contributed by atoms with E-state index in [-0.39, 0.29) is 10.6 Å². The predicted molar refractivity (Wildman–Crippen MR) is 65.8 cm³/mol. The van der Waals surface area contributed by atoms with Crippen molar-refractivity contribution in [2.24, 2.45) is 0 Å². The lowest BCUT2D eigenvalue weighted by Gasteiger charge is -2.04. The van der Waals surface area contributed by atoms with Crippen molar-refractivity contribution in [1.82, 2.24) is 4.98 Å². The molecule has 0 aliphatic carbocycles. The van der Waals surface area contributed by atoms with Gasteiger partial charge in [-0.15, -0.1) is 11.3 Å². The molecule has 0 aliphatic rings. The van der Waals surface area contributed by atoms with Crippen LogP contribution in [-0.2, 0) is 0 Å². The molecule has 0 saturated heterocycles. The average Bonchev–Trinajstić information content (AvgIpc) is 2.82. The summed E-state index contributed by atoms with van der Waals surface area (Å²) < 4.78 is 5.18. The monoisotopic (exact) mass is 260 g/mol. The van der Waals surface area contributed by atoms with Gasteiger partial charge in [-0.25, -0.2) is 9.78 Å². The molecule has 18 heavy (non-hydrogen) atoms. The second-order valence-corrected chi connectivity index (χ2v) is 4.31. The van der Waals surface area contributed by atoms with Crippen LogP contribution in [0.1, 0.15) is 15.4 Å². The third-order valence-electron chi connectivity index (χ3n) is 2.27. The minimum Gasteiger partial charge on any atom is -0.496 e. The van der Waals surface area contributed by atoms with Crippen molar-refractivity contribution in [3.63, 3.8) is 0 Å². The molecular weight excluding hydrogens is 252 g/mol. The summed E-state index contributed by atoms with van der Waals surface area (Å²) in [6, 6.07) is 8.96. The highest BCUT2D eigenvalue weighted by atomic mass is 32.1. The Morgan fingerprint density at radius 1 is 1.50 bits per heavy atom. The average molecular weight is 260 g/mol. The van der Waals surface area contributed by atoms with E-state index in [1.54, 1.807) is 24.3 Å². The number of rotatable bonds is 3. The fraction of sp³-hybridized carbons (Fsp3) is 0.0833. The number of para-hydroxylation sites is 1. The van der Waals surface area contributed by atoms with Gasteiger partial charge >= 0.3 is 5.97 Å². The number of thiazole rings is 1. The first-order valence-corrected chi connectivity index (χ1v) is 5.76. The summed E-state index contributed by atoms with van der Waals surface area (Å²) in [5.74, 6) is -0.614. The van der Waals surface area contributed by atoms with Crippen LogP contribution in [-0.4, -0.2) is 23.2 Å². The number of carbonyl (C=O) groups is 1. The minimum atomic E-state index is -1.20. The molecule has 0 spiro atoms. The SMILES string of the molecule is COc1ccccc1-c1nc(C(=O)O)c(C#N)s1. The Balaban J connectivity index is 2.59. The molecule has 1 aromatic carbocycles. The van der Waals surface area contributed by atoms with E-state index in [0.29, 0.717) is 16.3 Å². The van der Waals surface area contributed by atoms with Crippen molar-refractivity contribution in [3.05, 3.63) is 34.8 Å². The zero-order chi connectivity index (χ0) is 13.1. The van der Waals surface area contributed by atoms with Gasteiger partial charge in [0.2, 0.25) is 0 Å². The topological polar surface area (TPSA) is 83.2 Å². The first kappa shape index (κ1) is 12.1. The van der Waals surface area contributed by atoms with Gasteiger partial charge in [-0.05, 0) is 12.1 Å². The Kier molecular flexibility index (Phi) is 3.26. The lowest BCUT2D eigenvalue weighted by atomic mass is 10.2. The van der Waals surface area contributed by atoms with Gasteiger partial charge in [-0.1, -0.05) is 12.1 Å². The van der Waals surface area contributed by atoms with E-state index in [1.165, 1.54) is 7.11 Å². The quantitative estimate of drug-likeness (QED) is 0.916. The maximum absolute atomic E-state index is 10.9. The molecule has 0 fully saturated rings. The molecule has 0 saturated carbocycles. The van der Waals surface area contributed by atoms with Crippen molar-refractivity contribution in [3.8, 4) is 22.4 Å². The van der Waals surface area contributed by atoms with Gasteiger partial charge in [-0.2, -0.15) is 5.26 Å².